The van der Waals surface area contributed by atoms with Gasteiger partial charge in [0.25, 0.3) is 0 Å². The minimum absolute atomic E-state index is 0.0284. The van der Waals surface area contributed by atoms with Gasteiger partial charge >= 0.3 is 11.9 Å². The van der Waals surface area contributed by atoms with E-state index >= 15 is 0 Å². The lowest BCUT2D eigenvalue weighted by molar-refractivity contribution is -0.142. The SMILES string of the molecule is COC(=O)[C@H](Nc1ncc(-c2c3c(cc4cc(OC)c(OC)cc24)COC3=O)cn1)C(C)C. The van der Waals surface area contributed by atoms with Gasteiger partial charge in [0, 0.05) is 29.1 Å². The highest BCUT2D eigenvalue weighted by Crippen LogP contribution is 2.42. The second-order valence-corrected chi connectivity index (χ2v) is 7.97. The number of carbonyl (C=O) groups excluding carboxylic acids is 2. The Bertz CT molecular complexity index is 1220. The summed E-state index contributed by atoms with van der Waals surface area (Å²) >= 11 is 0. The first kappa shape index (κ1) is 22.3. The summed E-state index contributed by atoms with van der Waals surface area (Å²) < 4.78 is 21.1. The molecule has 2 heterocycles. The van der Waals surface area contributed by atoms with E-state index in [1.807, 2.05) is 32.0 Å². The first-order chi connectivity index (χ1) is 15.9. The topological polar surface area (TPSA) is 109 Å². The number of nitrogens with one attached hydrogen (secondary N) is 1. The number of hydrogen-bond acceptors (Lipinski definition) is 9. The summed E-state index contributed by atoms with van der Waals surface area (Å²) in [4.78, 5) is 33.4. The highest BCUT2D eigenvalue weighted by Gasteiger charge is 2.29. The Morgan fingerprint density at radius 1 is 1.03 bits per heavy atom. The molecule has 9 heteroatoms. The zero-order valence-corrected chi connectivity index (χ0v) is 19.1. The zero-order valence-electron chi connectivity index (χ0n) is 19.1. The van der Waals surface area contributed by atoms with Crippen LogP contribution in [0, 0.1) is 5.92 Å². The smallest absolute Gasteiger partial charge is 0.339 e. The number of benzene rings is 2. The van der Waals surface area contributed by atoms with Gasteiger partial charge in [0.15, 0.2) is 11.5 Å². The Kier molecular flexibility index (Phi) is 6.04. The monoisotopic (exact) mass is 451 g/mol. The molecule has 0 saturated carbocycles. The van der Waals surface area contributed by atoms with Crippen LogP contribution in [0.5, 0.6) is 11.5 Å². The Morgan fingerprint density at radius 3 is 2.30 bits per heavy atom. The lowest BCUT2D eigenvalue weighted by Crippen LogP contribution is -2.36. The van der Waals surface area contributed by atoms with Crippen molar-refractivity contribution in [1.82, 2.24) is 9.97 Å². The minimum Gasteiger partial charge on any atom is -0.493 e. The van der Waals surface area contributed by atoms with E-state index in [4.69, 9.17) is 18.9 Å². The van der Waals surface area contributed by atoms with Crippen molar-refractivity contribution < 1.29 is 28.5 Å². The summed E-state index contributed by atoms with van der Waals surface area (Å²) in [5, 5.41) is 4.66. The van der Waals surface area contributed by atoms with Crippen molar-refractivity contribution in [3.8, 4) is 22.6 Å². The molecule has 3 aromatic rings. The van der Waals surface area contributed by atoms with Crippen molar-refractivity contribution in [2.75, 3.05) is 26.6 Å². The number of carbonyl (C=O) groups is 2. The molecule has 0 unspecified atom stereocenters. The van der Waals surface area contributed by atoms with Gasteiger partial charge in [-0.1, -0.05) is 13.8 Å². The van der Waals surface area contributed by atoms with Gasteiger partial charge in [-0.2, -0.15) is 0 Å². The fourth-order valence-electron chi connectivity index (χ4n) is 3.94. The third-order valence-corrected chi connectivity index (χ3v) is 5.64. The molecule has 0 saturated heterocycles. The van der Waals surface area contributed by atoms with E-state index in [0.717, 1.165) is 16.3 Å². The number of ether oxygens (including phenoxy) is 4. The van der Waals surface area contributed by atoms with Crippen LogP contribution >= 0.6 is 0 Å². The summed E-state index contributed by atoms with van der Waals surface area (Å²) in [6.07, 6.45) is 3.22. The molecule has 0 bridgehead atoms. The second kappa shape index (κ2) is 8.93. The molecule has 0 radical (unpaired) electrons. The molecule has 1 aliphatic rings. The van der Waals surface area contributed by atoms with E-state index in [-0.39, 0.29) is 18.5 Å². The normalized spacial score (nSPS) is 13.5. The summed E-state index contributed by atoms with van der Waals surface area (Å²) in [5.41, 5.74) is 2.55. The molecule has 0 aliphatic carbocycles. The molecule has 1 N–H and O–H groups in total. The van der Waals surface area contributed by atoms with Gasteiger partial charge in [-0.3, -0.25) is 0 Å². The lowest BCUT2D eigenvalue weighted by atomic mass is 9.91. The molecule has 33 heavy (non-hydrogen) atoms. The number of hydrogen-bond donors (Lipinski definition) is 1. The van der Waals surface area contributed by atoms with Crippen molar-refractivity contribution in [1.29, 1.82) is 0 Å². The number of anilines is 1. The summed E-state index contributed by atoms with van der Waals surface area (Å²) in [7, 11) is 4.47. The number of esters is 2. The van der Waals surface area contributed by atoms with Gasteiger partial charge in [0.1, 0.15) is 12.6 Å². The molecular formula is C24H25N3O6. The average molecular weight is 451 g/mol. The zero-order chi connectivity index (χ0) is 23.7. The van der Waals surface area contributed by atoms with E-state index in [0.29, 0.717) is 28.2 Å². The van der Waals surface area contributed by atoms with E-state index in [1.165, 1.54) is 7.11 Å². The van der Waals surface area contributed by atoms with Crippen LogP contribution in [0.25, 0.3) is 21.9 Å². The molecule has 0 fully saturated rings. The maximum absolute atomic E-state index is 12.6. The van der Waals surface area contributed by atoms with Crippen molar-refractivity contribution in [2.24, 2.45) is 5.92 Å². The number of rotatable bonds is 7. The van der Waals surface area contributed by atoms with Gasteiger partial charge in [0.05, 0.1) is 26.9 Å². The van der Waals surface area contributed by atoms with Crippen molar-refractivity contribution in [3.63, 3.8) is 0 Å². The standard InChI is InChI=1S/C24H25N3O6/c1-12(2)21(23(29)32-5)27-24-25-9-15(10-26-24)19-16-8-18(31-4)17(30-3)7-13(16)6-14-11-33-22(28)20(14)19/h6-10,12,21H,11H2,1-5H3,(H,25,26,27)/t21-/m1/s1. The number of cyclic esters (lactones) is 1. The van der Waals surface area contributed by atoms with Gasteiger partial charge in [-0.25, -0.2) is 19.6 Å². The van der Waals surface area contributed by atoms with Gasteiger partial charge in [-0.15, -0.1) is 0 Å². The van der Waals surface area contributed by atoms with Crippen molar-refractivity contribution in [2.45, 2.75) is 26.5 Å². The summed E-state index contributed by atoms with van der Waals surface area (Å²) in [6, 6.07) is 5.02. The molecule has 1 aliphatic heterocycles. The first-order valence-corrected chi connectivity index (χ1v) is 10.4. The maximum atomic E-state index is 12.6. The van der Waals surface area contributed by atoms with Gasteiger partial charge < -0.3 is 24.3 Å². The Hall–Kier alpha value is -3.88. The van der Waals surface area contributed by atoms with E-state index in [9.17, 15) is 9.59 Å². The van der Waals surface area contributed by atoms with Crippen LogP contribution in [0.4, 0.5) is 5.95 Å². The fraction of sp³-hybridized carbons (Fsp3) is 0.333. The molecule has 0 amide bonds. The number of aromatic nitrogens is 2. The number of nitrogens with zero attached hydrogens (tertiary/aromatic N) is 2. The Balaban J connectivity index is 1.83. The van der Waals surface area contributed by atoms with Crippen LogP contribution in [0.15, 0.2) is 30.6 Å². The highest BCUT2D eigenvalue weighted by atomic mass is 16.5. The van der Waals surface area contributed by atoms with E-state index in [1.54, 1.807) is 26.6 Å². The molecule has 4 rings (SSSR count). The minimum atomic E-state index is -0.589. The maximum Gasteiger partial charge on any atom is 0.339 e. The quantitative estimate of drug-likeness (QED) is 0.539. The summed E-state index contributed by atoms with van der Waals surface area (Å²) in [5.74, 6) is 0.577. The molecule has 1 atom stereocenters. The molecule has 1 aromatic heterocycles. The average Bonchev–Trinajstić information content (AvgIpc) is 3.19. The van der Waals surface area contributed by atoms with E-state index < -0.39 is 18.0 Å². The van der Waals surface area contributed by atoms with Crippen molar-refractivity contribution in [3.05, 3.63) is 41.7 Å². The fourth-order valence-corrected chi connectivity index (χ4v) is 3.94. The van der Waals surface area contributed by atoms with Crippen LogP contribution in [0.3, 0.4) is 0 Å². The van der Waals surface area contributed by atoms with Crippen LogP contribution in [0.1, 0.15) is 29.8 Å². The molecule has 9 nitrogen and oxygen atoms in total. The van der Waals surface area contributed by atoms with Gasteiger partial charge in [0.2, 0.25) is 5.95 Å². The van der Waals surface area contributed by atoms with E-state index in [2.05, 4.69) is 15.3 Å². The van der Waals surface area contributed by atoms with Gasteiger partial charge in [-0.05, 0) is 34.9 Å². The number of methoxy groups -OCH3 is 3. The Labute approximate surface area is 191 Å². The number of fused-ring (bicyclic) bond motifs is 2. The third kappa shape index (κ3) is 4.02. The first-order valence-electron chi connectivity index (χ1n) is 10.4. The highest BCUT2D eigenvalue weighted by molar-refractivity contribution is 6.11. The molecule has 172 valence electrons. The van der Waals surface area contributed by atoms with Crippen molar-refractivity contribution >= 4 is 28.7 Å². The largest absolute Gasteiger partial charge is 0.493 e. The summed E-state index contributed by atoms with van der Waals surface area (Å²) in [6.45, 7) is 3.99. The van der Waals surface area contributed by atoms with Crippen LogP contribution in [-0.4, -0.2) is 49.3 Å². The molecular weight excluding hydrogens is 426 g/mol. The predicted octanol–water partition coefficient (Wildman–Crippen LogP) is 3.59. The Morgan fingerprint density at radius 2 is 1.70 bits per heavy atom. The second-order valence-electron chi connectivity index (χ2n) is 7.97. The molecule has 2 aromatic carbocycles. The lowest BCUT2D eigenvalue weighted by Gasteiger charge is -2.19. The molecule has 0 spiro atoms. The third-order valence-electron chi connectivity index (χ3n) is 5.64. The predicted molar refractivity (Wildman–Crippen MR) is 121 cm³/mol. The van der Waals surface area contributed by atoms with Crippen LogP contribution < -0.4 is 14.8 Å². The van der Waals surface area contributed by atoms with Crippen LogP contribution in [-0.2, 0) is 20.9 Å². The van der Waals surface area contributed by atoms with Crippen LogP contribution in [0.2, 0.25) is 0 Å².